The molecule has 1 atom stereocenters. The zero-order chi connectivity index (χ0) is 58.5. The van der Waals surface area contributed by atoms with Gasteiger partial charge >= 0.3 is 17.9 Å². The van der Waals surface area contributed by atoms with Gasteiger partial charge in [-0.25, -0.2) is 0 Å². The summed E-state index contributed by atoms with van der Waals surface area (Å²) in [6.45, 7) is 6.54. The molecule has 0 spiro atoms. The Morgan fingerprint density at radius 2 is 0.481 bits per heavy atom. The molecule has 0 aliphatic rings. The van der Waals surface area contributed by atoms with Crippen LogP contribution in [0.15, 0.2) is 85.1 Å². The van der Waals surface area contributed by atoms with Gasteiger partial charge in [0.2, 0.25) is 0 Å². The largest absolute Gasteiger partial charge is 0.462 e. The van der Waals surface area contributed by atoms with Crippen LogP contribution in [0.2, 0.25) is 0 Å². The standard InChI is InChI=1S/C75H132O6/c1-4-7-10-13-16-19-22-25-28-31-34-36-37-38-40-41-44-47-50-53-56-59-62-65-68-74(77)80-71-72(70-79-73(76)67-64-61-58-55-52-49-46-43-33-30-27-24-21-18-15-12-9-6-3)81-75(78)69-66-63-60-57-54-51-48-45-42-39-35-32-29-26-23-20-17-14-11-8-5-2/h8,11,17,20,26,29-30,33,35,39,45,48,54,57,72H,4-7,9-10,12-16,18-19,21-25,27-28,31-32,34,36-38,40-44,46-47,49-53,55-56,58-71H2,1-3H3/b11-8-,20-17-,29-26-,33-30-,39-35-,48-45-,57-54-. The number of unbranched alkanes of at least 4 members (excludes halogenated alkanes) is 39. The lowest BCUT2D eigenvalue weighted by Gasteiger charge is -2.18. The summed E-state index contributed by atoms with van der Waals surface area (Å²) < 4.78 is 17.0. The maximum Gasteiger partial charge on any atom is 0.306 e. The first-order valence-corrected chi connectivity index (χ1v) is 35.1. The predicted molar refractivity (Wildman–Crippen MR) is 353 cm³/mol. The second-order valence-electron chi connectivity index (χ2n) is 23.4. The molecule has 6 nitrogen and oxygen atoms in total. The molecule has 81 heavy (non-hydrogen) atoms. The van der Waals surface area contributed by atoms with E-state index < -0.39 is 6.10 Å². The van der Waals surface area contributed by atoms with Gasteiger partial charge in [0.25, 0.3) is 0 Å². The van der Waals surface area contributed by atoms with Gasteiger partial charge in [0.05, 0.1) is 0 Å². The summed E-state index contributed by atoms with van der Waals surface area (Å²) >= 11 is 0. The molecule has 0 N–H and O–H groups in total. The summed E-state index contributed by atoms with van der Waals surface area (Å²) in [5.41, 5.74) is 0. The molecule has 0 aromatic heterocycles. The fourth-order valence-corrected chi connectivity index (χ4v) is 10.2. The van der Waals surface area contributed by atoms with Gasteiger partial charge < -0.3 is 14.2 Å². The Morgan fingerprint density at radius 1 is 0.259 bits per heavy atom. The molecule has 0 saturated heterocycles. The van der Waals surface area contributed by atoms with E-state index in [9.17, 15) is 14.4 Å². The van der Waals surface area contributed by atoms with Crippen molar-refractivity contribution in [2.45, 2.75) is 361 Å². The number of carbonyl (C=O) groups is 3. The van der Waals surface area contributed by atoms with E-state index in [0.717, 1.165) is 89.9 Å². The highest BCUT2D eigenvalue weighted by Gasteiger charge is 2.19. The molecule has 0 aromatic carbocycles. The van der Waals surface area contributed by atoms with E-state index in [4.69, 9.17) is 14.2 Å². The van der Waals surface area contributed by atoms with Gasteiger partial charge in [-0.2, -0.15) is 0 Å². The molecule has 0 aromatic rings. The highest BCUT2D eigenvalue weighted by molar-refractivity contribution is 5.71. The summed E-state index contributed by atoms with van der Waals surface area (Å²) in [4.78, 5) is 38.5. The molecule has 0 aliphatic carbocycles. The van der Waals surface area contributed by atoms with E-state index in [2.05, 4.69) is 106 Å². The van der Waals surface area contributed by atoms with Crippen LogP contribution in [0.5, 0.6) is 0 Å². The van der Waals surface area contributed by atoms with Crippen molar-refractivity contribution in [2.75, 3.05) is 13.2 Å². The average Bonchev–Trinajstić information content (AvgIpc) is 3.47. The van der Waals surface area contributed by atoms with E-state index in [1.807, 2.05) is 0 Å². The third kappa shape index (κ3) is 67.3. The Morgan fingerprint density at radius 3 is 0.790 bits per heavy atom. The van der Waals surface area contributed by atoms with E-state index in [0.29, 0.717) is 19.3 Å². The summed E-state index contributed by atoms with van der Waals surface area (Å²) in [5, 5.41) is 0. The van der Waals surface area contributed by atoms with Crippen molar-refractivity contribution in [1.29, 1.82) is 0 Å². The Kier molecular flexibility index (Phi) is 66.2. The minimum Gasteiger partial charge on any atom is -0.462 e. The summed E-state index contributed by atoms with van der Waals surface area (Å²) in [6.07, 6.45) is 91.8. The third-order valence-corrected chi connectivity index (χ3v) is 15.4. The highest BCUT2D eigenvalue weighted by Crippen LogP contribution is 2.18. The Balaban J connectivity index is 4.40. The molecule has 0 heterocycles. The first kappa shape index (κ1) is 77.6. The number of carbonyl (C=O) groups excluding carboxylic acids is 3. The topological polar surface area (TPSA) is 78.9 Å². The smallest absolute Gasteiger partial charge is 0.306 e. The number of allylic oxidation sites excluding steroid dienone is 14. The van der Waals surface area contributed by atoms with Gasteiger partial charge in [0.1, 0.15) is 13.2 Å². The van der Waals surface area contributed by atoms with Crippen molar-refractivity contribution in [1.82, 2.24) is 0 Å². The molecule has 0 saturated carbocycles. The van der Waals surface area contributed by atoms with Crippen LogP contribution < -0.4 is 0 Å². The molecule has 6 heteroatoms. The first-order chi connectivity index (χ1) is 40.0. The summed E-state index contributed by atoms with van der Waals surface area (Å²) in [6, 6.07) is 0. The van der Waals surface area contributed by atoms with Gasteiger partial charge in [-0.05, 0) is 96.3 Å². The summed E-state index contributed by atoms with van der Waals surface area (Å²) in [5.74, 6) is -0.922. The molecule has 468 valence electrons. The second-order valence-corrected chi connectivity index (χ2v) is 23.4. The minimum atomic E-state index is -0.803. The molecule has 0 amide bonds. The van der Waals surface area contributed by atoms with Crippen molar-refractivity contribution >= 4 is 17.9 Å². The van der Waals surface area contributed by atoms with E-state index >= 15 is 0 Å². The fourth-order valence-electron chi connectivity index (χ4n) is 10.2. The lowest BCUT2D eigenvalue weighted by atomic mass is 10.0. The number of esters is 3. The van der Waals surface area contributed by atoms with Crippen LogP contribution in [0.3, 0.4) is 0 Å². The Bertz CT molecular complexity index is 1530. The van der Waals surface area contributed by atoms with Crippen LogP contribution in [-0.4, -0.2) is 37.2 Å². The molecule has 0 aliphatic heterocycles. The van der Waals surface area contributed by atoms with E-state index in [-0.39, 0.29) is 37.5 Å². The maximum absolute atomic E-state index is 12.9. The van der Waals surface area contributed by atoms with E-state index in [1.165, 1.54) is 218 Å². The Hall–Kier alpha value is -3.41. The fraction of sp³-hybridized carbons (Fsp3) is 0.773. The molecular formula is C75H132O6. The summed E-state index contributed by atoms with van der Waals surface area (Å²) in [7, 11) is 0. The van der Waals surface area contributed by atoms with Crippen LogP contribution in [0.25, 0.3) is 0 Å². The number of hydrogen-bond donors (Lipinski definition) is 0. The van der Waals surface area contributed by atoms with Gasteiger partial charge in [0.15, 0.2) is 6.10 Å². The number of hydrogen-bond acceptors (Lipinski definition) is 6. The van der Waals surface area contributed by atoms with Crippen LogP contribution in [0, 0.1) is 0 Å². The molecule has 0 fully saturated rings. The predicted octanol–water partition coefficient (Wildman–Crippen LogP) is 24.2. The van der Waals surface area contributed by atoms with Crippen LogP contribution in [0.4, 0.5) is 0 Å². The zero-order valence-electron chi connectivity index (χ0n) is 53.8. The molecule has 0 bridgehead atoms. The average molecular weight is 1130 g/mol. The van der Waals surface area contributed by atoms with E-state index in [1.54, 1.807) is 0 Å². The van der Waals surface area contributed by atoms with Gasteiger partial charge in [-0.3, -0.25) is 14.4 Å². The van der Waals surface area contributed by atoms with Gasteiger partial charge in [-0.1, -0.05) is 324 Å². The van der Waals surface area contributed by atoms with Crippen molar-refractivity contribution in [3.8, 4) is 0 Å². The highest BCUT2D eigenvalue weighted by atomic mass is 16.6. The SMILES string of the molecule is CC/C=C\C/C=C\C/C=C\C/C=C\C/C=C\C/C=C\CCCCC(=O)OC(COC(=O)CCCCCCCCC/C=C\CCCCCCCCC)COC(=O)CCCCCCCCCCCCCCCCCCCCCCCCCC. The minimum absolute atomic E-state index is 0.0925. The van der Waals surface area contributed by atoms with Gasteiger partial charge in [-0.15, -0.1) is 0 Å². The monoisotopic (exact) mass is 1130 g/mol. The maximum atomic E-state index is 12.9. The van der Waals surface area contributed by atoms with Crippen molar-refractivity contribution in [3.63, 3.8) is 0 Å². The van der Waals surface area contributed by atoms with Crippen molar-refractivity contribution in [2.24, 2.45) is 0 Å². The first-order valence-electron chi connectivity index (χ1n) is 35.1. The quantitative estimate of drug-likeness (QED) is 0.0261. The van der Waals surface area contributed by atoms with Crippen molar-refractivity contribution in [3.05, 3.63) is 85.1 Å². The van der Waals surface area contributed by atoms with Crippen LogP contribution in [0.1, 0.15) is 355 Å². The second kappa shape index (κ2) is 69.1. The molecule has 0 radical (unpaired) electrons. The van der Waals surface area contributed by atoms with Crippen molar-refractivity contribution < 1.29 is 28.6 Å². The lowest BCUT2D eigenvalue weighted by molar-refractivity contribution is -0.167. The molecule has 0 rings (SSSR count). The molecular weight excluding hydrogens is 997 g/mol. The normalized spacial score (nSPS) is 12.6. The van der Waals surface area contributed by atoms with Crippen LogP contribution >= 0.6 is 0 Å². The Labute approximate surface area is 503 Å². The number of rotatable bonds is 64. The van der Waals surface area contributed by atoms with Crippen LogP contribution in [-0.2, 0) is 28.6 Å². The molecule has 1 unspecified atom stereocenters. The zero-order valence-corrected chi connectivity index (χ0v) is 53.8. The lowest BCUT2D eigenvalue weighted by Crippen LogP contribution is -2.30. The van der Waals surface area contributed by atoms with Gasteiger partial charge in [0, 0.05) is 19.3 Å². The number of ether oxygens (including phenoxy) is 3. The third-order valence-electron chi connectivity index (χ3n) is 15.4.